The lowest BCUT2D eigenvalue weighted by Gasteiger charge is -2.24. The molecular formula is C13H18O2. The molecule has 0 aromatic heterocycles. The summed E-state index contributed by atoms with van der Waals surface area (Å²) in [4.78, 5) is 0. The second-order valence-electron chi connectivity index (χ2n) is 4.29. The molecule has 0 bridgehead atoms. The molecule has 82 valence electrons. The van der Waals surface area contributed by atoms with Crippen LogP contribution in [0.2, 0.25) is 0 Å². The van der Waals surface area contributed by atoms with Gasteiger partial charge in [-0.15, -0.1) is 0 Å². The third-order valence-corrected chi connectivity index (χ3v) is 3.20. The van der Waals surface area contributed by atoms with Crippen molar-refractivity contribution < 1.29 is 9.47 Å². The topological polar surface area (TPSA) is 18.5 Å². The van der Waals surface area contributed by atoms with Crippen LogP contribution < -0.4 is 9.47 Å². The highest BCUT2D eigenvalue weighted by Crippen LogP contribution is 2.38. The van der Waals surface area contributed by atoms with Crippen LogP contribution >= 0.6 is 0 Å². The summed E-state index contributed by atoms with van der Waals surface area (Å²) in [5.41, 5.74) is 2.77. The molecule has 0 N–H and O–H groups in total. The summed E-state index contributed by atoms with van der Waals surface area (Å²) in [6.45, 7) is 2.31. The molecule has 0 saturated heterocycles. The first-order valence-corrected chi connectivity index (χ1v) is 5.49. The minimum atomic E-state index is 0.788. The molecule has 15 heavy (non-hydrogen) atoms. The van der Waals surface area contributed by atoms with Crippen molar-refractivity contribution in [3.63, 3.8) is 0 Å². The summed E-state index contributed by atoms with van der Waals surface area (Å²) >= 11 is 0. The summed E-state index contributed by atoms with van der Waals surface area (Å²) in [7, 11) is 3.41. The first-order valence-electron chi connectivity index (χ1n) is 5.49. The Morgan fingerprint density at radius 3 is 2.67 bits per heavy atom. The van der Waals surface area contributed by atoms with Gasteiger partial charge in [0, 0.05) is 5.56 Å². The maximum Gasteiger partial charge on any atom is 0.164 e. The lowest BCUT2D eigenvalue weighted by atomic mass is 9.84. The van der Waals surface area contributed by atoms with Gasteiger partial charge in [-0.1, -0.05) is 13.0 Å². The van der Waals surface area contributed by atoms with Gasteiger partial charge in [-0.05, 0) is 36.8 Å². The van der Waals surface area contributed by atoms with E-state index in [1.165, 1.54) is 17.5 Å². The molecule has 2 heteroatoms. The Bertz CT molecular complexity index is 358. The Hall–Kier alpha value is -1.18. The molecule has 0 radical (unpaired) electrons. The van der Waals surface area contributed by atoms with Crippen molar-refractivity contribution in [3.8, 4) is 11.5 Å². The fraction of sp³-hybridized carbons (Fsp3) is 0.538. The average molecular weight is 206 g/mol. The summed E-state index contributed by atoms with van der Waals surface area (Å²) in [5.74, 6) is 2.57. The van der Waals surface area contributed by atoms with Crippen LogP contribution in [0.4, 0.5) is 0 Å². The molecule has 1 aromatic rings. The molecule has 0 saturated carbocycles. The molecule has 0 unspecified atom stereocenters. The second kappa shape index (κ2) is 4.13. The number of hydrogen-bond acceptors (Lipinski definition) is 2. The van der Waals surface area contributed by atoms with Crippen LogP contribution in [0.15, 0.2) is 12.1 Å². The zero-order valence-electron chi connectivity index (χ0n) is 9.67. The highest BCUT2D eigenvalue weighted by Gasteiger charge is 2.20. The van der Waals surface area contributed by atoms with Gasteiger partial charge in [0.05, 0.1) is 14.2 Å². The molecule has 1 aliphatic rings. The zero-order chi connectivity index (χ0) is 10.8. The quantitative estimate of drug-likeness (QED) is 0.740. The number of methoxy groups -OCH3 is 2. The zero-order valence-corrected chi connectivity index (χ0v) is 9.67. The standard InChI is InChI=1S/C13H18O2/c1-9-4-6-11-10(8-9)5-7-12(14-2)13(11)15-3/h5,7,9H,4,6,8H2,1-3H3/t9-/m0/s1. The van der Waals surface area contributed by atoms with Crippen LogP contribution in [0.1, 0.15) is 24.5 Å². The fourth-order valence-electron chi connectivity index (χ4n) is 2.37. The predicted molar refractivity (Wildman–Crippen MR) is 60.7 cm³/mol. The molecule has 1 aliphatic carbocycles. The number of ether oxygens (including phenoxy) is 2. The summed E-state index contributed by atoms with van der Waals surface area (Å²) in [5, 5.41) is 0. The van der Waals surface area contributed by atoms with Crippen LogP contribution in [0.5, 0.6) is 11.5 Å². The van der Waals surface area contributed by atoms with Crippen molar-refractivity contribution in [3.05, 3.63) is 23.3 Å². The minimum Gasteiger partial charge on any atom is -0.493 e. The Balaban J connectivity index is 2.46. The molecule has 0 fully saturated rings. The van der Waals surface area contributed by atoms with Gasteiger partial charge >= 0.3 is 0 Å². The van der Waals surface area contributed by atoms with Gasteiger partial charge in [-0.25, -0.2) is 0 Å². The molecule has 1 atom stereocenters. The van der Waals surface area contributed by atoms with Gasteiger partial charge in [0.1, 0.15) is 0 Å². The van der Waals surface area contributed by atoms with E-state index >= 15 is 0 Å². The first kappa shape index (κ1) is 10.3. The van der Waals surface area contributed by atoms with E-state index in [1.807, 2.05) is 6.07 Å². The monoisotopic (exact) mass is 206 g/mol. The normalized spacial score (nSPS) is 19.5. The van der Waals surface area contributed by atoms with Crippen molar-refractivity contribution in [2.75, 3.05) is 14.2 Å². The Kier molecular flexibility index (Phi) is 2.85. The smallest absolute Gasteiger partial charge is 0.164 e. The number of rotatable bonds is 2. The molecule has 2 rings (SSSR count). The third kappa shape index (κ3) is 1.81. The van der Waals surface area contributed by atoms with E-state index < -0.39 is 0 Å². The van der Waals surface area contributed by atoms with Crippen molar-refractivity contribution >= 4 is 0 Å². The van der Waals surface area contributed by atoms with E-state index in [1.54, 1.807) is 14.2 Å². The summed E-state index contributed by atoms with van der Waals surface area (Å²) < 4.78 is 10.7. The molecule has 0 amide bonds. The van der Waals surface area contributed by atoms with E-state index in [4.69, 9.17) is 9.47 Å². The van der Waals surface area contributed by atoms with Crippen LogP contribution in [0.25, 0.3) is 0 Å². The van der Waals surface area contributed by atoms with E-state index in [-0.39, 0.29) is 0 Å². The lowest BCUT2D eigenvalue weighted by Crippen LogP contribution is -2.12. The van der Waals surface area contributed by atoms with Crippen molar-refractivity contribution in [1.82, 2.24) is 0 Å². The van der Waals surface area contributed by atoms with E-state index in [0.29, 0.717) is 0 Å². The number of fused-ring (bicyclic) bond motifs is 1. The average Bonchev–Trinajstić information content (AvgIpc) is 2.27. The first-order chi connectivity index (χ1) is 7.26. The molecule has 2 nitrogen and oxygen atoms in total. The van der Waals surface area contributed by atoms with Crippen molar-refractivity contribution in [2.45, 2.75) is 26.2 Å². The van der Waals surface area contributed by atoms with E-state index in [0.717, 1.165) is 30.3 Å². The van der Waals surface area contributed by atoms with Gasteiger partial charge < -0.3 is 9.47 Å². The lowest BCUT2D eigenvalue weighted by molar-refractivity contribution is 0.347. The van der Waals surface area contributed by atoms with E-state index in [2.05, 4.69) is 13.0 Å². The second-order valence-corrected chi connectivity index (χ2v) is 4.29. The summed E-state index contributed by atoms with van der Waals surface area (Å²) in [6.07, 6.45) is 3.52. The largest absolute Gasteiger partial charge is 0.493 e. The Labute approximate surface area is 91.2 Å². The van der Waals surface area contributed by atoms with Crippen molar-refractivity contribution in [1.29, 1.82) is 0 Å². The molecule has 1 aromatic carbocycles. The van der Waals surface area contributed by atoms with Crippen LogP contribution in [-0.2, 0) is 12.8 Å². The Morgan fingerprint density at radius 2 is 2.00 bits per heavy atom. The third-order valence-electron chi connectivity index (χ3n) is 3.20. The number of hydrogen-bond donors (Lipinski definition) is 0. The van der Waals surface area contributed by atoms with Crippen LogP contribution in [0.3, 0.4) is 0 Å². The molecule has 0 spiro atoms. The predicted octanol–water partition coefficient (Wildman–Crippen LogP) is 2.83. The van der Waals surface area contributed by atoms with E-state index in [9.17, 15) is 0 Å². The Morgan fingerprint density at radius 1 is 1.20 bits per heavy atom. The van der Waals surface area contributed by atoms with Crippen LogP contribution in [-0.4, -0.2) is 14.2 Å². The van der Waals surface area contributed by atoms with Crippen LogP contribution in [0, 0.1) is 5.92 Å². The SMILES string of the molecule is COc1ccc2c(c1OC)CC[C@H](C)C2. The maximum atomic E-state index is 5.44. The molecule has 0 aliphatic heterocycles. The van der Waals surface area contributed by atoms with Gasteiger partial charge in [0.25, 0.3) is 0 Å². The highest BCUT2D eigenvalue weighted by molar-refractivity contribution is 5.51. The molecule has 0 heterocycles. The fourth-order valence-corrected chi connectivity index (χ4v) is 2.37. The summed E-state index contributed by atoms with van der Waals surface area (Å²) in [6, 6.07) is 4.18. The highest BCUT2D eigenvalue weighted by atomic mass is 16.5. The van der Waals surface area contributed by atoms with Gasteiger partial charge in [0.15, 0.2) is 11.5 Å². The number of benzene rings is 1. The van der Waals surface area contributed by atoms with Crippen molar-refractivity contribution in [2.24, 2.45) is 5.92 Å². The van der Waals surface area contributed by atoms with Gasteiger partial charge in [0.2, 0.25) is 0 Å². The maximum absolute atomic E-state index is 5.44. The minimum absolute atomic E-state index is 0.788. The van der Waals surface area contributed by atoms with Gasteiger partial charge in [-0.2, -0.15) is 0 Å². The molecular weight excluding hydrogens is 188 g/mol. The van der Waals surface area contributed by atoms with Gasteiger partial charge in [-0.3, -0.25) is 0 Å².